The van der Waals surface area contributed by atoms with E-state index in [0.717, 1.165) is 22.9 Å². The molecule has 0 aliphatic heterocycles. The number of ether oxygens (including phenoxy) is 1. The number of carbonyl (C=O) groups excluding carboxylic acids is 1. The van der Waals surface area contributed by atoms with E-state index in [0.29, 0.717) is 27.5 Å². The summed E-state index contributed by atoms with van der Waals surface area (Å²) in [6.07, 6.45) is 0.616. The Morgan fingerprint density at radius 3 is 2.43 bits per heavy atom. The number of halogens is 1. The SMILES string of the molecule is CCC(Sc1nnc(CSc2nc(C)cc(C)n2)n1-c1ccc(Cl)cc1)C(=O)OC. The molecule has 0 saturated carbocycles. The molecule has 158 valence electrons. The summed E-state index contributed by atoms with van der Waals surface area (Å²) in [4.78, 5) is 21.0. The highest BCUT2D eigenvalue weighted by Gasteiger charge is 2.24. The second kappa shape index (κ2) is 10.3. The summed E-state index contributed by atoms with van der Waals surface area (Å²) in [5, 5.41) is 10.3. The van der Waals surface area contributed by atoms with Gasteiger partial charge in [0.2, 0.25) is 0 Å². The molecular formula is C20H22ClN5O2S2. The molecule has 1 unspecified atom stereocenters. The number of aromatic nitrogens is 5. The first-order valence-electron chi connectivity index (χ1n) is 9.31. The van der Waals surface area contributed by atoms with Crippen LogP contribution in [0.25, 0.3) is 5.69 Å². The molecule has 0 fully saturated rings. The lowest BCUT2D eigenvalue weighted by Crippen LogP contribution is -2.18. The number of carbonyl (C=O) groups is 1. The topological polar surface area (TPSA) is 82.8 Å². The van der Waals surface area contributed by atoms with Crippen LogP contribution in [0.5, 0.6) is 0 Å². The monoisotopic (exact) mass is 463 g/mol. The molecular weight excluding hydrogens is 442 g/mol. The van der Waals surface area contributed by atoms with Gasteiger partial charge in [0.1, 0.15) is 11.1 Å². The average molecular weight is 464 g/mol. The largest absolute Gasteiger partial charge is 0.468 e. The Bertz CT molecular complexity index is 1010. The van der Waals surface area contributed by atoms with Gasteiger partial charge in [0.15, 0.2) is 10.3 Å². The molecule has 7 nitrogen and oxygen atoms in total. The molecule has 3 rings (SSSR count). The van der Waals surface area contributed by atoms with Gasteiger partial charge >= 0.3 is 5.97 Å². The summed E-state index contributed by atoms with van der Waals surface area (Å²) in [7, 11) is 1.39. The van der Waals surface area contributed by atoms with Crippen LogP contribution in [0.15, 0.2) is 40.6 Å². The maximum Gasteiger partial charge on any atom is 0.319 e. The van der Waals surface area contributed by atoms with Crippen LogP contribution >= 0.6 is 35.1 Å². The van der Waals surface area contributed by atoms with Crippen molar-refractivity contribution in [3.63, 3.8) is 0 Å². The fraction of sp³-hybridized carbons (Fsp3) is 0.350. The van der Waals surface area contributed by atoms with Crippen molar-refractivity contribution >= 4 is 41.1 Å². The van der Waals surface area contributed by atoms with Crippen molar-refractivity contribution < 1.29 is 9.53 Å². The van der Waals surface area contributed by atoms with Gasteiger partial charge in [0.05, 0.1) is 12.9 Å². The second-order valence-electron chi connectivity index (χ2n) is 6.47. The number of thioether (sulfide) groups is 2. The highest BCUT2D eigenvalue weighted by atomic mass is 35.5. The molecule has 10 heteroatoms. The van der Waals surface area contributed by atoms with Gasteiger partial charge in [-0.1, -0.05) is 42.0 Å². The second-order valence-corrected chi connectivity index (χ2v) is 9.02. The summed E-state index contributed by atoms with van der Waals surface area (Å²) >= 11 is 8.89. The first-order chi connectivity index (χ1) is 14.4. The molecule has 0 radical (unpaired) electrons. The number of esters is 1. The molecule has 0 aliphatic rings. The standard InChI is InChI=1S/C20H22ClN5O2S2/c1-5-16(18(27)28-4)30-20-25-24-17(26(20)15-8-6-14(21)7-9-15)11-29-19-22-12(2)10-13(3)23-19/h6-10,16H,5,11H2,1-4H3. The first-order valence-corrected chi connectivity index (χ1v) is 11.6. The van der Waals surface area contributed by atoms with Gasteiger partial charge < -0.3 is 4.74 Å². The van der Waals surface area contributed by atoms with Crippen molar-refractivity contribution in [1.82, 2.24) is 24.7 Å². The molecule has 0 spiro atoms. The Morgan fingerprint density at radius 2 is 1.83 bits per heavy atom. The number of aryl methyl sites for hydroxylation is 2. The number of benzene rings is 1. The van der Waals surface area contributed by atoms with Gasteiger partial charge in [0.25, 0.3) is 0 Å². The summed E-state index contributed by atoms with van der Waals surface area (Å²) in [5.74, 6) is 0.966. The minimum Gasteiger partial charge on any atom is -0.468 e. The van der Waals surface area contributed by atoms with E-state index in [1.54, 1.807) is 0 Å². The minimum absolute atomic E-state index is 0.285. The van der Waals surface area contributed by atoms with E-state index in [2.05, 4.69) is 20.2 Å². The van der Waals surface area contributed by atoms with E-state index in [4.69, 9.17) is 16.3 Å². The third kappa shape index (κ3) is 5.53. The van der Waals surface area contributed by atoms with Crippen molar-refractivity contribution in [3.8, 4) is 5.69 Å². The molecule has 0 bridgehead atoms. The smallest absolute Gasteiger partial charge is 0.319 e. The van der Waals surface area contributed by atoms with E-state index in [1.807, 2.05) is 55.7 Å². The molecule has 0 saturated heterocycles. The van der Waals surface area contributed by atoms with Crippen LogP contribution in [0.4, 0.5) is 0 Å². The lowest BCUT2D eigenvalue weighted by atomic mass is 10.3. The Morgan fingerprint density at radius 1 is 1.17 bits per heavy atom. The van der Waals surface area contributed by atoms with Gasteiger partial charge in [-0.2, -0.15) is 0 Å². The Hall–Kier alpha value is -2.10. The Labute approximate surface area is 189 Å². The molecule has 0 amide bonds. The van der Waals surface area contributed by atoms with Crippen molar-refractivity contribution in [2.75, 3.05) is 7.11 Å². The van der Waals surface area contributed by atoms with Crippen molar-refractivity contribution in [1.29, 1.82) is 0 Å². The minimum atomic E-state index is -0.367. The molecule has 0 N–H and O–H groups in total. The van der Waals surface area contributed by atoms with Gasteiger partial charge in [-0.15, -0.1) is 10.2 Å². The van der Waals surface area contributed by atoms with E-state index >= 15 is 0 Å². The maximum atomic E-state index is 12.1. The van der Waals surface area contributed by atoms with E-state index in [9.17, 15) is 4.79 Å². The highest BCUT2D eigenvalue weighted by Crippen LogP contribution is 2.30. The number of rotatable bonds is 8. The quantitative estimate of drug-likeness (QED) is 0.271. The van der Waals surface area contributed by atoms with Crippen LogP contribution in [0.3, 0.4) is 0 Å². The number of hydrogen-bond acceptors (Lipinski definition) is 8. The molecule has 3 aromatic rings. The van der Waals surface area contributed by atoms with Crippen molar-refractivity contribution in [3.05, 3.63) is 52.6 Å². The lowest BCUT2D eigenvalue weighted by molar-refractivity contribution is -0.140. The van der Waals surface area contributed by atoms with Crippen LogP contribution in [0.2, 0.25) is 5.02 Å². The van der Waals surface area contributed by atoms with Crippen LogP contribution in [0, 0.1) is 13.8 Å². The summed E-state index contributed by atoms with van der Waals surface area (Å²) < 4.78 is 6.85. The molecule has 1 atom stereocenters. The third-order valence-corrected chi connectivity index (χ3v) is 6.54. The zero-order valence-corrected chi connectivity index (χ0v) is 19.5. The highest BCUT2D eigenvalue weighted by molar-refractivity contribution is 8.00. The fourth-order valence-electron chi connectivity index (χ4n) is 2.76. The van der Waals surface area contributed by atoms with E-state index < -0.39 is 0 Å². The van der Waals surface area contributed by atoms with E-state index in [-0.39, 0.29) is 11.2 Å². The molecule has 2 heterocycles. The predicted molar refractivity (Wildman–Crippen MR) is 119 cm³/mol. The Balaban J connectivity index is 1.93. The summed E-state index contributed by atoms with van der Waals surface area (Å²) in [6, 6.07) is 9.36. The number of hydrogen-bond donors (Lipinski definition) is 0. The molecule has 30 heavy (non-hydrogen) atoms. The van der Waals surface area contributed by atoms with Crippen LogP contribution in [-0.2, 0) is 15.3 Å². The number of nitrogens with zero attached hydrogens (tertiary/aromatic N) is 5. The first kappa shape index (κ1) is 22.6. The zero-order valence-electron chi connectivity index (χ0n) is 17.1. The molecule has 2 aromatic heterocycles. The average Bonchev–Trinajstić information content (AvgIpc) is 3.12. The molecule has 0 aliphatic carbocycles. The normalized spacial score (nSPS) is 12.0. The van der Waals surface area contributed by atoms with Gasteiger partial charge in [-0.05, 0) is 50.6 Å². The zero-order chi connectivity index (χ0) is 21.7. The lowest BCUT2D eigenvalue weighted by Gasteiger charge is -2.14. The Kier molecular flexibility index (Phi) is 7.74. The van der Waals surface area contributed by atoms with Crippen molar-refractivity contribution in [2.45, 2.75) is 48.5 Å². The van der Waals surface area contributed by atoms with Crippen LogP contribution < -0.4 is 0 Å². The summed E-state index contributed by atoms with van der Waals surface area (Å²) in [5.41, 5.74) is 2.71. The van der Waals surface area contributed by atoms with Gasteiger partial charge in [-0.3, -0.25) is 9.36 Å². The van der Waals surface area contributed by atoms with Crippen LogP contribution in [-0.4, -0.2) is 43.1 Å². The summed E-state index contributed by atoms with van der Waals surface area (Å²) in [6.45, 7) is 5.83. The third-order valence-electron chi connectivity index (χ3n) is 4.16. The maximum absolute atomic E-state index is 12.1. The van der Waals surface area contributed by atoms with E-state index in [1.165, 1.54) is 30.6 Å². The van der Waals surface area contributed by atoms with Crippen molar-refractivity contribution in [2.24, 2.45) is 0 Å². The molecule has 1 aromatic carbocycles. The predicted octanol–water partition coefficient (Wildman–Crippen LogP) is 4.66. The van der Waals surface area contributed by atoms with Crippen LogP contribution in [0.1, 0.15) is 30.6 Å². The number of methoxy groups -OCH3 is 1. The van der Waals surface area contributed by atoms with Gasteiger partial charge in [-0.25, -0.2) is 9.97 Å². The fourth-order valence-corrected chi connectivity index (χ4v) is 4.77. The van der Waals surface area contributed by atoms with Gasteiger partial charge in [0, 0.05) is 22.1 Å².